The lowest BCUT2D eigenvalue weighted by Gasteiger charge is -2.18. The predicted octanol–water partition coefficient (Wildman–Crippen LogP) is 2.52. The van der Waals surface area contributed by atoms with Gasteiger partial charge in [0.15, 0.2) is 11.6 Å². The normalized spacial score (nSPS) is 10.5. The van der Waals surface area contributed by atoms with Crippen LogP contribution in [0.1, 0.15) is 45.7 Å². The number of carbonyl (C=O) groups excluding carboxylic acids is 2. The number of phenols is 4. The van der Waals surface area contributed by atoms with Crippen LogP contribution in [0, 0.1) is 0 Å². The summed E-state index contributed by atoms with van der Waals surface area (Å²) < 4.78 is 10.3. The maximum atomic E-state index is 11.8. The summed E-state index contributed by atoms with van der Waals surface area (Å²) in [7, 11) is 2.61. The predicted molar refractivity (Wildman–Crippen MR) is 95.5 cm³/mol. The number of ether oxygens (including phenoxy) is 2. The largest absolute Gasteiger partial charge is 0.507 e. The maximum Gasteiger partial charge on any atom is 0.167 e. The van der Waals surface area contributed by atoms with Gasteiger partial charge in [-0.2, -0.15) is 0 Å². The zero-order chi connectivity index (χ0) is 20.5. The minimum atomic E-state index is -0.569. The first-order chi connectivity index (χ1) is 12.6. The van der Waals surface area contributed by atoms with E-state index in [2.05, 4.69) is 0 Å². The van der Waals surface area contributed by atoms with Gasteiger partial charge in [-0.25, -0.2) is 0 Å². The van der Waals surface area contributed by atoms with E-state index in [1.165, 1.54) is 40.2 Å². The molecule has 2 rings (SSSR count). The van der Waals surface area contributed by atoms with Gasteiger partial charge < -0.3 is 29.9 Å². The summed E-state index contributed by atoms with van der Waals surface area (Å²) in [6, 6.07) is 2.34. The summed E-state index contributed by atoms with van der Waals surface area (Å²) in [5.74, 6) is -2.95. The summed E-state index contributed by atoms with van der Waals surface area (Å²) in [4.78, 5) is 23.5. The number of phenolic OH excluding ortho intramolecular Hbond substituents is 4. The maximum absolute atomic E-state index is 11.8. The van der Waals surface area contributed by atoms with Crippen LogP contribution in [0.3, 0.4) is 0 Å². The molecule has 0 fully saturated rings. The van der Waals surface area contributed by atoms with Crippen LogP contribution in [-0.2, 0) is 6.42 Å². The van der Waals surface area contributed by atoms with Crippen molar-refractivity contribution in [3.8, 4) is 34.5 Å². The highest BCUT2D eigenvalue weighted by atomic mass is 16.5. The minimum Gasteiger partial charge on any atom is -0.507 e. The van der Waals surface area contributed by atoms with Crippen molar-refractivity contribution in [3.05, 3.63) is 34.4 Å². The second kappa shape index (κ2) is 7.45. The van der Waals surface area contributed by atoms with Gasteiger partial charge in [-0.05, 0) is 13.8 Å². The molecule has 0 aliphatic carbocycles. The van der Waals surface area contributed by atoms with Gasteiger partial charge in [-0.3, -0.25) is 9.59 Å². The molecular formula is C19H20O8. The van der Waals surface area contributed by atoms with Crippen LogP contribution in [0.25, 0.3) is 0 Å². The molecule has 0 atom stereocenters. The zero-order valence-electron chi connectivity index (χ0n) is 15.3. The molecule has 0 saturated heterocycles. The molecule has 0 unspecified atom stereocenters. The Kier molecular flexibility index (Phi) is 5.49. The van der Waals surface area contributed by atoms with Crippen LogP contribution in [0.5, 0.6) is 34.5 Å². The highest BCUT2D eigenvalue weighted by Crippen LogP contribution is 2.44. The van der Waals surface area contributed by atoms with Crippen molar-refractivity contribution in [1.29, 1.82) is 0 Å². The molecule has 0 aliphatic heterocycles. The third-order valence-corrected chi connectivity index (χ3v) is 4.19. The molecule has 0 amide bonds. The van der Waals surface area contributed by atoms with Gasteiger partial charge in [0, 0.05) is 29.7 Å². The van der Waals surface area contributed by atoms with E-state index in [9.17, 15) is 30.0 Å². The van der Waals surface area contributed by atoms with Gasteiger partial charge >= 0.3 is 0 Å². The third kappa shape index (κ3) is 3.46. The van der Waals surface area contributed by atoms with E-state index in [1.54, 1.807) is 0 Å². The average molecular weight is 376 g/mol. The van der Waals surface area contributed by atoms with E-state index < -0.39 is 34.6 Å². The molecule has 144 valence electrons. The lowest BCUT2D eigenvalue weighted by Crippen LogP contribution is -2.04. The van der Waals surface area contributed by atoms with Crippen molar-refractivity contribution in [1.82, 2.24) is 0 Å². The van der Waals surface area contributed by atoms with E-state index in [-0.39, 0.29) is 40.2 Å². The Morgan fingerprint density at radius 3 is 1.37 bits per heavy atom. The van der Waals surface area contributed by atoms with E-state index in [0.29, 0.717) is 0 Å². The summed E-state index contributed by atoms with van der Waals surface area (Å²) in [5.41, 5.74) is -0.409. The molecule has 0 spiro atoms. The Balaban J connectivity index is 2.77. The minimum absolute atomic E-state index is 0.0638. The number of benzene rings is 2. The molecule has 8 heteroatoms. The molecule has 2 aromatic rings. The quantitative estimate of drug-likeness (QED) is 0.565. The second-order valence-electron chi connectivity index (χ2n) is 5.89. The van der Waals surface area contributed by atoms with E-state index >= 15 is 0 Å². The molecule has 0 bridgehead atoms. The lowest BCUT2D eigenvalue weighted by atomic mass is 9.94. The van der Waals surface area contributed by atoms with Crippen molar-refractivity contribution in [2.75, 3.05) is 14.2 Å². The molecule has 0 aromatic heterocycles. The molecular weight excluding hydrogens is 356 g/mol. The van der Waals surface area contributed by atoms with Crippen LogP contribution in [0.4, 0.5) is 0 Å². The molecule has 0 aliphatic rings. The van der Waals surface area contributed by atoms with Gasteiger partial charge in [0.25, 0.3) is 0 Å². The first kappa shape index (κ1) is 19.9. The van der Waals surface area contributed by atoms with Gasteiger partial charge in [-0.15, -0.1) is 0 Å². The monoisotopic (exact) mass is 376 g/mol. The number of hydrogen-bond acceptors (Lipinski definition) is 8. The van der Waals surface area contributed by atoms with Gasteiger partial charge in [0.05, 0.1) is 14.2 Å². The smallest absolute Gasteiger partial charge is 0.167 e. The molecule has 2 aromatic carbocycles. The highest BCUT2D eigenvalue weighted by Gasteiger charge is 2.26. The standard InChI is InChI=1S/C19H20O8/c1-8(20)16-12(22)6-14(26-3)10(18(16)24)5-11-15(27-4)7-13(23)17(9(2)21)19(11)25/h6-7,22-25H,5H2,1-4H3. The fourth-order valence-corrected chi connectivity index (χ4v) is 2.92. The van der Waals surface area contributed by atoms with E-state index in [0.717, 1.165) is 0 Å². The lowest BCUT2D eigenvalue weighted by molar-refractivity contribution is 0.0998. The Labute approximate surface area is 155 Å². The number of aromatic hydroxyl groups is 4. The Morgan fingerprint density at radius 1 is 0.778 bits per heavy atom. The van der Waals surface area contributed by atoms with Crippen LogP contribution < -0.4 is 9.47 Å². The van der Waals surface area contributed by atoms with Gasteiger partial charge in [0.1, 0.15) is 45.6 Å². The number of ketones is 2. The number of hydrogen-bond donors (Lipinski definition) is 4. The van der Waals surface area contributed by atoms with Crippen LogP contribution >= 0.6 is 0 Å². The third-order valence-electron chi connectivity index (χ3n) is 4.19. The molecule has 0 radical (unpaired) electrons. The van der Waals surface area contributed by atoms with Gasteiger partial charge in [-0.1, -0.05) is 0 Å². The first-order valence-electron chi connectivity index (χ1n) is 7.89. The van der Waals surface area contributed by atoms with E-state index in [1.807, 2.05) is 0 Å². The fourth-order valence-electron chi connectivity index (χ4n) is 2.92. The molecule has 0 saturated carbocycles. The Morgan fingerprint density at radius 2 is 1.11 bits per heavy atom. The van der Waals surface area contributed by atoms with Crippen molar-refractivity contribution in [2.24, 2.45) is 0 Å². The Bertz CT molecular complexity index is 855. The fraction of sp³-hybridized carbons (Fsp3) is 0.263. The van der Waals surface area contributed by atoms with Crippen LogP contribution in [0.2, 0.25) is 0 Å². The van der Waals surface area contributed by atoms with Crippen molar-refractivity contribution in [3.63, 3.8) is 0 Å². The molecule has 0 heterocycles. The van der Waals surface area contributed by atoms with Crippen molar-refractivity contribution < 1.29 is 39.5 Å². The SMILES string of the molecule is COc1cc(O)c(C(C)=O)c(O)c1Cc1c(OC)cc(O)c(C(C)=O)c1O. The summed E-state index contributed by atoms with van der Waals surface area (Å²) >= 11 is 0. The number of rotatable bonds is 6. The Hall–Kier alpha value is -3.42. The van der Waals surface area contributed by atoms with Crippen LogP contribution in [0.15, 0.2) is 12.1 Å². The zero-order valence-corrected chi connectivity index (χ0v) is 15.3. The van der Waals surface area contributed by atoms with E-state index in [4.69, 9.17) is 9.47 Å². The first-order valence-corrected chi connectivity index (χ1v) is 7.89. The highest BCUT2D eigenvalue weighted by molar-refractivity contribution is 6.01. The topological polar surface area (TPSA) is 134 Å². The van der Waals surface area contributed by atoms with Crippen LogP contribution in [-0.4, -0.2) is 46.2 Å². The van der Waals surface area contributed by atoms with Crippen molar-refractivity contribution in [2.45, 2.75) is 20.3 Å². The summed E-state index contributed by atoms with van der Waals surface area (Å²) in [5, 5.41) is 40.9. The molecule has 27 heavy (non-hydrogen) atoms. The van der Waals surface area contributed by atoms with Gasteiger partial charge in [0.2, 0.25) is 0 Å². The second-order valence-corrected chi connectivity index (χ2v) is 5.89. The summed E-state index contributed by atoms with van der Waals surface area (Å²) in [6.07, 6.45) is -0.203. The number of methoxy groups -OCH3 is 2. The molecule has 4 N–H and O–H groups in total. The molecule has 8 nitrogen and oxygen atoms in total. The number of carbonyl (C=O) groups is 2. The van der Waals surface area contributed by atoms with Crippen molar-refractivity contribution >= 4 is 11.6 Å². The number of Topliss-reactive ketones (excluding diaryl/α,β-unsaturated/α-hetero) is 2. The average Bonchev–Trinajstić information content (AvgIpc) is 2.57. The summed E-state index contributed by atoms with van der Waals surface area (Å²) in [6.45, 7) is 2.36.